The van der Waals surface area contributed by atoms with Crippen LogP contribution in [-0.4, -0.2) is 19.0 Å². The van der Waals surface area contributed by atoms with Crippen LogP contribution in [0.25, 0.3) is 10.2 Å². The maximum absolute atomic E-state index is 12.4. The fourth-order valence-corrected chi connectivity index (χ4v) is 4.55. The van der Waals surface area contributed by atoms with Crippen molar-refractivity contribution in [3.63, 3.8) is 0 Å². The average Bonchev–Trinajstić information content (AvgIpc) is 2.74. The van der Waals surface area contributed by atoms with Gasteiger partial charge in [-0.2, -0.15) is 0 Å². The quantitative estimate of drug-likeness (QED) is 0.878. The van der Waals surface area contributed by atoms with E-state index in [0.717, 1.165) is 23.3 Å². The molecule has 1 aromatic carbocycles. The molecule has 0 unspecified atom stereocenters. The van der Waals surface area contributed by atoms with Crippen LogP contribution < -0.4 is 9.60 Å². The van der Waals surface area contributed by atoms with Gasteiger partial charge in [0.25, 0.3) is 0 Å². The molecule has 122 valence electrons. The fourth-order valence-electron chi connectivity index (χ4n) is 2.10. The third kappa shape index (κ3) is 3.42. The second kappa shape index (κ2) is 6.52. The Hall–Kier alpha value is -1.18. The van der Waals surface area contributed by atoms with Crippen molar-refractivity contribution >= 4 is 31.6 Å². The number of thiazole rings is 1. The molecule has 0 fully saturated rings. The first-order valence-corrected chi connectivity index (χ1v) is 9.72. The van der Waals surface area contributed by atoms with Crippen LogP contribution in [0.1, 0.15) is 34.1 Å². The van der Waals surface area contributed by atoms with Gasteiger partial charge in [-0.05, 0) is 37.5 Å². The van der Waals surface area contributed by atoms with Gasteiger partial charge in [0.2, 0.25) is 10.0 Å². The van der Waals surface area contributed by atoms with Gasteiger partial charge in [-0.1, -0.05) is 32.1 Å². The lowest BCUT2D eigenvalue weighted by molar-refractivity contribution is 0.476. The zero-order valence-electron chi connectivity index (χ0n) is 13.3. The van der Waals surface area contributed by atoms with Crippen molar-refractivity contribution in [3.05, 3.63) is 27.9 Å². The number of aromatic nitrogens is 1. The normalized spacial score (nSPS) is 13.9. The monoisotopic (exact) mass is 342 g/mol. The molecular formula is C15H22N2O3S2. The standard InChI is InChI=1S/C15H22N2O3S2/c1-5-8-17-13-7-6-12(9-14(13)21-15(17)18)22(19,20)16-11(4)10(2)3/h6-7,9-11,16H,5,8H2,1-4H3/t11-/m0/s1. The van der Waals surface area contributed by atoms with Crippen molar-refractivity contribution in [2.75, 3.05) is 0 Å². The summed E-state index contributed by atoms with van der Waals surface area (Å²) in [6.07, 6.45) is 0.860. The number of nitrogens with zero attached hydrogens (tertiary/aromatic N) is 1. The molecule has 1 aromatic heterocycles. The largest absolute Gasteiger partial charge is 0.308 e. The fraction of sp³-hybridized carbons (Fsp3) is 0.533. The first-order chi connectivity index (χ1) is 10.3. The van der Waals surface area contributed by atoms with Crippen molar-refractivity contribution in [3.8, 4) is 0 Å². The third-order valence-corrected chi connectivity index (χ3v) is 6.24. The summed E-state index contributed by atoms with van der Waals surface area (Å²) in [5.74, 6) is 0.209. The van der Waals surface area contributed by atoms with E-state index in [9.17, 15) is 13.2 Å². The number of rotatable bonds is 6. The van der Waals surface area contributed by atoms with E-state index >= 15 is 0 Å². The van der Waals surface area contributed by atoms with Gasteiger partial charge in [-0.15, -0.1) is 0 Å². The van der Waals surface area contributed by atoms with Crippen molar-refractivity contribution < 1.29 is 8.42 Å². The van der Waals surface area contributed by atoms with Gasteiger partial charge in [0.05, 0.1) is 15.1 Å². The van der Waals surface area contributed by atoms with Gasteiger partial charge in [0, 0.05) is 12.6 Å². The number of sulfonamides is 1. The minimum absolute atomic E-state index is 0.0464. The maximum Gasteiger partial charge on any atom is 0.308 e. The second-order valence-corrected chi connectivity index (χ2v) is 8.51. The van der Waals surface area contributed by atoms with Crippen LogP contribution in [0.3, 0.4) is 0 Å². The highest BCUT2D eigenvalue weighted by Gasteiger charge is 2.20. The predicted molar refractivity (Wildman–Crippen MR) is 91.0 cm³/mol. The Morgan fingerprint density at radius 2 is 1.95 bits per heavy atom. The van der Waals surface area contributed by atoms with Crippen LogP contribution in [-0.2, 0) is 16.6 Å². The van der Waals surface area contributed by atoms with Crippen LogP contribution in [0, 0.1) is 5.92 Å². The third-order valence-electron chi connectivity index (χ3n) is 3.74. The highest BCUT2D eigenvalue weighted by atomic mass is 32.2. The van der Waals surface area contributed by atoms with Crippen LogP contribution >= 0.6 is 11.3 Å². The summed E-state index contributed by atoms with van der Waals surface area (Å²) >= 11 is 1.09. The van der Waals surface area contributed by atoms with Crippen LogP contribution in [0.15, 0.2) is 27.9 Å². The summed E-state index contributed by atoms with van der Waals surface area (Å²) in [5, 5.41) is 0. The molecular weight excluding hydrogens is 320 g/mol. The predicted octanol–water partition coefficient (Wildman–Crippen LogP) is 2.80. The lowest BCUT2D eigenvalue weighted by Crippen LogP contribution is -2.36. The van der Waals surface area contributed by atoms with Crippen molar-refractivity contribution in [1.82, 2.24) is 9.29 Å². The van der Waals surface area contributed by atoms with E-state index in [0.29, 0.717) is 11.2 Å². The first kappa shape index (κ1) is 17.2. The molecule has 0 saturated carbocycles. The molecule has 1 N–H and O–H groups in total. The van der Waals surface area contributed by atoms with E-state index in [1.807, 2.05) is 27.7 Å². The highest BCUT2D eigenvalue weighted by Crippen LogP contribution is 2.22. The van der Waals surface area contributed by atoms with Gasteiger partial charge in [-0.3, -0.25) is 9.36 Å². The Bertz CT molecular complexity index is 819. The number of fused-ring (bicyclic) bond motifs is 1. The first-order valence-electron chi connectivity index (χ1n) is 7.42. The number of benzene rings is 1. The van der Waals surface area contributed by atoms with Gasteiger partial charge >= 0.3 is 4.87 Å². The van der Waals surface area contributed by atoms with Crippen LogP contribution in [0.5, 0.6) is 0 Å². The van der Waals surface area contributed by atoms with E-state index in [2.05, 4.69) is 4.72 Å². The summed E-state index contributed by atoms with van der Waals surface area (Å²) in [6, 6.07) is 4.72. The van der Waals surface area contributed by atoms with Crippen LogP contribution in [0.4, 0.5) is 0 Å². The van der Waals surface area contributed by atoms with Crippen molar-refractivity contribution in [1.29, 1.82) is 0 Å². The topological polar surface area (TPSA) is 68.2 Å². The number of hydrogen-bond acceptors (Lipinski definition) is 4. The van der Waals surface area contributed by atoms with E-state index in [4.69, 9.17) is 0 Å². The van der Waals surface area contributed by atoms with Gasteiger partial charge in [-0.25, -0.2) is 13.1 Å². The van der Waals surface area contributed by atoms with Crippen molar-refractivity contribution in [2.45, 2.75) is 51.6 Å². The molecule has 2 rings (SSSR count). The summed E-state index contributed by atoms with van der Waals surface area (Å²) in [4.78, 5) is 12.1. The number of nitrogens with one attached hydrogen (secondary N) is 1. The minimum Gasteiger partial charge on any atom is -0.299 e. The molecule has 0 radical (unpaired) electrons. The Kier molecular flexibility index (Phi) is 5.09. The molecule has 0 aliphatic carbocycles. The summed E-state index contributed by atoms with van der Waals surface area (Å²) in [6.45, 7) is 8.43. The molecule has 5 nitrogen and oxygen atoms in total. The minimum atomic E-state index is -3.57. The van der Waals surface area contributed by atoms with E-state index in [1.54, 1.807) is 22.8 Å². The lowest BCUT2D eigenvalue weighted by Gasteiger charge is -2.17. The average molecular weight is 342 g/mol. The SMILES string of the molecule is CCCn1c(=O)sc2cc(S(=O)(=O)N[C@@H](C)C(C)C)ccc21. The Labute approximate surface area is 135 Å². The molecule has 0 amide bonds. The Morgan fingerprint density at radius 3 is 2.55 bits per heavy atom. The molecule has 0 spiro atoms. The van der Waals surface area contributed by atoms with Crippen molar-refractivity contribution in [2.24, 2.45) is 5.92 Å². The summed E-state index contributed by atoms with van der Waals surface area (Å²) in [7, 11) is -3.57. The van der Waals surface area contributed by atoms with Gasteiger partial charge in [0.1, 0.15) is 0 Å². The van der Waals surface area contributed by atoms with Crippen LogP contribution in [0.2, 0.25) is 0 Å². The Balaban J connectivity index is 2.43. The van der Waals surface area contributed by atoms with E-state index in [-0.39, 0.29) is 21.7 Å². The molecule has 0 aliphatic rings. The molecule has 0 bridgehead atoms. The summed E-state index contributed by atoms with van der Waals surface area (Å²) < 4.78 is 29.9. The molecule has 1 heterocycles. The zero-order chi connectivity index (χ0) is 16.5. The molecule has 7 heteroatoms. The molecule has 2 aromatic rings. The van der Waals surface area contributed by atoms with E-state index < -0.39 is 10.0 Å². The smallest absolute Gasteiger partial charge is 0.299 e. The Morgan fingerprint density at radius 1 is 1.27 bits per heavy atom. The lowest BCUT2D eigenvalue weighted by atomic mass is 10.1. The number of hydrogen-bond donors (Lipinski definition) is 1. The molecule has 1 atom stereocenters. The molecule has 22 heavy (non-hydrogen) atoms. The molecule has 0 aliphatic heterocycles. The summed E-state index contributed by atoms with van der Waals surface area (Å²) in [5.41, 5.74) is 0.799. The zero-order valence-corrected chi connectivity index (χ0v) is 14.9. The van der Waals surface area contributed by atoms with E-state index in [1.165, 1.54) is 0 Å². The van der Waals surface area contributed by atoms with Gasteiger partial charge in [0.15, 0.2) is 0 Å². The number of aryl methyl sites for hydroxylation is 1. The second-order valence-electron chi connectivity index (χ2n) is 5.80. The van der Waals surface area contributed by atoms with Gasteiger partial charge < -0.3 is 0 Å². The maximum atomic E-state index is 12.4. The highest BCUT2D eigenvalue weighted by molar-refractivity contribution is 7.89. The molecule has 0 saturated heterocycles.